The lowest BCUT2D eigenvalue weighted by atomic mass is 10.0. The Morgan fingerprint density at radius 1 is 0.250 bits per heavy atom. The van der Waals surface area contributed by atoms with Crippen molar-refractivity contribution in [2.75, 3.05) is 0 Å². The number of hydrogen-bond donors (Lipinski definition) is 0. The molecule has 0 aliphatic rings. The molecule has 2 heterocycles. The second-order valence-electron chi connectivity index (χ2n) is 13.8. The van der Waals surface area contributed by atoms with Crippen LogP contribution in [0.25, 0.3) is 98.8 Å². The molecule has 0 bridgehead atoms. The van der Waals surface area contributed by atoms with E-state index in [1.807, 2.05) is 0 Å². The second kappa shape index (κ2) is 11.3. The highest BCUT2D eigenvalue weighted by molar-refractivity contribution is 6.28. The van der Waals surface area contributed by atoms with Gasteiger partial charge in [0.1, 0.15) is 0 Å². The maximum Gasteiger partial charge on any atom is 0.0548 e. The third-order valence-electron chi connectivity index (χ3n) is 10.9. The summed E-state index contributed by atoms with van der Waals surface area (Å²) in [7, 11) is 0. The Balaban J connectivity index is 1.07. The molecule has 0 spiro atoms. The first-order valence-corrected chi connectivity index (χ1v) is 17.9. The summed E-state index contributed by atoms with van der Waals surface area (Å²) in [6, 6.07) is 71.0. The quantitative estimate of drug-likeness (QED) is 0.178. The lowest BCUT2D eigenvalue weighted by Gasteiger charge is -2.11. The van der Waals surface area contributed by atoms with Crippen molar-refractivity contribution in [2.24, 2.45) is 0 Å². The van der Waals surface area contributed by atoms with Crippen molar-refractivity contribution in [1.82, 2.24) is 9.13 Å². The zero-order valence-corrected chi connectivity index (χ0v) is 28.4. The molecular formula is C50H32N2. The largest absolute Gasteiger partial charge is 0.309 e. The molecule has 9 aromatic carbocycles. The Labute approximate surface area is 301 Å². The van der Waals surface area contributed by atoms with Crippen LogP contribution in [0.5, 0.6) is 0 Å². The van der Waals surface area contributed by atoms with E-state index in [-0.39, 0.29) is 0 Å². The highest BCUT2D eigenvalue weighted by Gasteiger charge is 2.20. The third kappa shape index (κ3) is 4.38. The summed E-state index contributed by atoms with van der Waals surface area (Å²) in [5.41, 5.74) is 12.0. The van der Waals surface area contributed by atoms with Gasteiger partial charge in [-0.3, -0.25) is 0 Å². The molecule has 0 aliphatic heterocycles. The highest BCUT2D eigenvalue weighted by Crippen LogP contribution is 2.42. The van der Waals surface area contributed by atoms with Gasteiger partial charge >= 0.3 is 0 Å². The average molecular weight is 661 g/mol. The van der Waals surface area contributed by atoms with Crippen molar-refractivity contribution in [3.8, 4) is 33.6 Å². The number of nitrogens with zero attached hydrogens (tertiary/aromatic N) is 2. The van der Waals surface area contributed by atoms with E-state index in [0.29, 0.717) is 0 Å². The van der Waals surface area contributed by atoms with Crippen LogP contribution in [0.1, 0.15) is 0 Å². The van der Waals surface area contributed by atoms with Crippen LogP contribution < -0.4 is 0 Å². The molecule has 0 amide bonds. The second-order valence-corrected chi connectivity index (χ2v) is 13.8. The van der Waals surface area contributed by atoms with Crippen molar-refractivity contribution in [2.45, 2.75) is 0 Å². The fraction of sp³-hybridized carbons (Fsp3) is 0. The number of aromatic nitrogens is 2. The lowest BCUT2D eigenvalue weighted by molar-refractivity contribution is 1.17. The van der Waals surface area contributed by atoms with Crippen LogP contribution in [0.2, 0.25) is 0 Å². The van der Waals surface area contributed by atoms with E-state index in [0.717, 1.165) is 11.4 Å². The van der Waals surface area contributed by atoms with Gasteiger partial charge in [0.05, 0.1) is 22.1 Å². The minimum absolute atomic E-state index is 1.16. The van der Waals surface area contributed by atoms with Gasteiger partial charge in [-0.25, -0.2) is 0 Å². The van der Waals surface area contributed by atoms with E-state index in [2.05, 4.69) is 203 Å². The van der Waals surface area contributed by atoms with Crippen molar-refractivity contribution >= 4 is 65.2 Å². The first-order chi connectivity index (χ1) is 25.8. The minimum Gasteiger partial charge on any atom is -0.309 e. The van der Waals surface area contributed by atoms with Crippen LogP contribution in [0, 0.1) is 0 Å². The predicted octanol–water partition coefficient (Wildman–Crippen LogP) is 13.5. The molecular weight excluding hydrogens is 629 g/mol. The number of rotatable bonds is 4. The molecule has 0 radical (unpaired) electrons. The lowest BCUT2D eigenvalue weighted by Crippen LogP contribution is -1.95. The van der Waals surface area contributed by atoms with Crippen LogP contribution >= 0.6 is 0 Å². The monoisotopic (exact) mass is 660 g/mol. The molecule has 11 aromatic rings. The molecule has 242 valence electrons. The van der Waals surface area contributed by atoms with Gasteiger partial charge in [-0.05, 0) is 104 Å². The molecule has 11 rings (SSSR count). The van der Waals surface area contributed by atoms with E-state index >= 15 is 0 Å². The van der Waals surface area contributed by atoms with Crippen LogP contribution in [0.3, 0.4) is 0 Å². The topological polar surface area (TPSA) is 9.86 Å². The third-order valence-corrected chi connectivity index (χ3v) is 10.9. The summed E-state index contributed by atoms with van der Waals surface area (Å²) in [5.74, 6) is 0. The zero-order valence-electron chi connectivity index (χ0n) is 28.4. The smallest absolute Gasteiger partial charge is 0.0548 e. The van der Waals surface area contributed by atoms with Gasteiger partial charge < -0.3 is 9.13 Å². The minimum atomic E-state index is 1.16. The van der Waals surface area contributed by atoms with Gasteiger partial charge in [0.2, 0.25) is 0 Å². The number of benzene rings is 9. The molecule has 0 unspecified atom stereocenters. The van der Waals surface area contributed by atoms with Crippen LogP contribution in [-0.4, -0.2) is 9.13 Å². The van der Waals surface area contributed by atoms with Gasteiger partial charge in [0.15, 0.2) is 0 Å². The maximum absolute atomic E-state index is 2.43. The van der Waals surface area contributed by atoms with Crippen LogP contribution in [0.15, 0.2) is 194 Å². The van der Waals surface area contributed by atoms with Gasteiger partial charge in [-0.15, -0.1) is 0 Å². The summed E-state index contributed by atoms with van der Waals surface area (Å²) in [5, 5.41) is 10.1. The molecule has 0 fully saturated rings. The van der Waals surface area contributed by atoms with Gasteiger partial charge in [0, 0.05) is 32.9 Å². The Bertz CT molecular complexity index is 2940. The van der Waals surface area contributed by atoms with Crippen LogP contribution in [0.4, 0.5) is 0 Å². The first kappa shape index (κ1) is 28.9. The van der Waals surface area contributed by atoms with E-state index in [1.165, 1.54) is 87.4 Å². The first-order valence-electron chi connectivity index (χ1n) is 17.9. The molecule has 0 saturated heterocycles. The van der Waals surface area contributed by atoms with Gasteiger partial charge in [-0.1, -0.05) is 133 Å². The van der Waals surface area contributed by atoms with Crippen molar-refractivity contribution in [3.05, 3.63) is 194 Å². The molecule has 0 N–H and O–H groups in total. The van der Waals surface area contributed by atoms with E-state index in [4.69, 9.17) is 0 Å². The normalized spacial score (nSPS) is 11.8. The summed E-state index contributed by atoms with van der Waals surface area (Å²) >= 11 is 0. The molecule has 2 nitrogen and oxygen atoms in total. The van der Waals surface area contributed by atoms with E-state index in [1.54, 1.807) is 0 Å². The van der Waals surface area contributed by atoms with E-state index < -0.39 is 0 Å². The molecule has 0 aliphatic carbocycles. The fourth-order valence-corrected chi connectivity index (χ4v) is 8.42. The van der Waals surface area contributed by atoms with Crippen LogP contribution in [-0.2, 0) is 0 Å². The molecule has 0 saturated carbocycles. The Morgan fingerprint density at radius 2 is 0.615 bits per heavy atom. The fourth-order valence-electron chi connectivity index (χ4n) is 8.42. The number of fused-ring (bicyclic) bond motifs is 9. The summed E-state index contributed by atoms with van der Waals surface area (Å²) in [4.78, 5) is 0. The Morgan fingerprint density at radius 3 is 1.06 bits per heavy atom. The number of hydrogen-bond acceptors (Lipinski definition) is 0. The molecule has 0 atom stereocenters. The summed E-state index contributed by atoms with van der Waals surface area (Å²) in [6.07, 6.45) is 0. The highest BCUT2D eigenvalue weighted by atomic mass is 15.0. The van der Waals surface area contributed by atoms with Crippen molar-refractivity contribution < 1.29 is 0 Å². The predicted molar refractivity (Wildman–Crippen MR) is 221 cm³/mol. The Kier molecular flexibility index (Phi) is 6.28. The van der Waals surface area contributed by atoms with Gasteiger partial charge in [0.25, 0.3) is 0 Å². The molecule has 52 heavy (non-hydrogen) atoms. The molecule has 2 aromatic heterocycles. The zero-order chi connectivity index (χ0) is 34.2. The van der Waals surface area contributed by atoms with Crippen molar-refractivity contribution in [3.63, 3.8) is 0 Å². The SMILES string of the molecule is c1ccc2cc(-c3ccc(-n4c5ccccc5c5c6c7ccccc7n(-c7ccc(-c8ccc9ccccc9c8)cc7)c6ccc54)cc3)ccc2c1. The molecule has 2 heteroatoms. The summed E-state index contributed by atoms with van der Waals surface area (Å²) in [6.45, 7) is 0. The number of para-hydroxylation sites is 2. The summed E-state index contributed by atoms with van der Waals surface area (Å²) < 4.78 is 4.86. The standard InChI is InChI=1S/C50H32N2/c1-3-11-37-31-39(19-17-33(37)9-1)35-21-25-41(26-22-35)51-45-15-7-5-13-43(45)49-47(51)29-30-48-50(49)44-14-6-8-16-46(44)52(48)42-27-23-36(24-28-42)40-20-18-34-10-2-4-12-38(34)32-40/h1-32H. The van der Waals surface area contributed by atoms with Crippen molar-refractivity contribution in [1.29, 1.82) is 0 Å². The van der Waals surface area contributed by atoms with Gasteiger partial charge in [-0.2, -0.15) is 0 Å². The maximum atomic E-state index is 2.43. The van der Waals surface area contributed by atoms with E-state index in [9.17, 15) is 0 Å². The Hall–Kier alpha value is -6.90. The average Bonchev–Trinajstić information content (AvgIpc) is 3.73.